The zero-order chi connectivity index (χ0) is 30.2. The van der Waals surface area contributed by atoms with Crippen LogP contribution in [0.25, 0.3) is 94.1 Å². The first-order chi connectivity index (χ1) is 22.8. The van der Waals surface area contributed by atoms with Crippen LogP contribution in [0.2, 0.25) is 0 Å². The van der Waals surface area contributed by atoms with Gasteiger partial charge in [-0.1, -0.05) is 109 Å². The first kappa shape index (κ1) is 25.0. The van der Waals surface area contributed by atoms with Crippen molar-refractivity contribution in [1.29, 1.82) is 0 Å². The van der Waals surface area contributed by atoms with E-state index < -0.39 is 0 Å². The quantitative estimate of drug-likeness (QED) is 0.205. The molecule has 6 heteroatoms. The topological polar surface area (TPSA) is 69.6 Å². The van der Waals surface area contributed by atoms with Crippen LogP contribution in [0.15, 0.2) is 144 Å². The molecule has 0 saturated heterocycles. The fraction of sp³-hybridized carbons (Fsp3) is 0. The van der Waals surface area contributed by atoms with Crippen LogP contribution in [-0.4, -0.2) is 24.5 Å². The standard InChI is InChI=1S/C40H23N5O/c1-2-11-25-22-26(21-20-24(25)10-1)37-42-38(44-40(43-37)45-33-17-6-3-12-27(33)28-13-4-7-18-34(28)45)30-16-9-15-29-32(30)23-41-39-36(29)31-14-5-8-19-35(31)46-39/h1-23H. The second-order valence-corrected chi connectivity index (χ2v) is 11.5. The van der Waals surface area contributed by atoms with Gasteiger partial charge in [0.25, 0.3) is 0 Å². The van der Waals surface area contributed by atoms with Crippen LogP contribution in [0.3, 0.4) is 0 Å². The molecule has 4 aromatic heterocycles. The molecule has 0 radical (unpaired) electrons. The third kappa shape index (κ3) is 3.64. The Morgan fingerprint density at radius 1 is 0.500 bits per heavy atom. The summed E-state index contributed by atoms with van der Waals surface area (Å²) in [5.74, 6) is 1.74. The smallest absolute Gasteiger partial charge is 0.238 e. The minimum Gasteiger partial charge on any atom is -0.438 e. The maximum absolute atomic E-state index is 6.11. The van der Waals surface area contributed by atoms with Crippen LogP contribution in [0.1, 0.15) is 0 Å². The molecule has 4 heterocycles. The van der Waals surface area contributed by atoms with Gasteiger partial charge in [0.2, 0.25) is 11.7 Å². The predicted octanol–water partition coefficient (Wildman–Crippen LogP) is 9.90. The molecular formula is C40H23N5O. The van der Waals surface area contributed by atoms with Crippen molar-refractivity contribution in [3.8, 4) is 28.7 Å². The van der Waals surface area contributed by atoms with Gasteiger partial charge in [0.1, 0.15) is 5.58 Å². The third-order valence-corrected chi connectivity index (χ3v) is 8.92. The third-order valence-electron chi connectivity index (χ3n) is 8.92. The van der Waals surface area contributed by atoms with E-state index in [-0.39, 0.29) is 0 Å². The molecule has 10 aromatic rings. The Morgan fingerprint density at radius 2 is 1.17 bits per heavy atom. The largest absolute Gasteiger partial charge is 0.438 e. The van der Waals surface area contributed by atoms with Gasteiger partial charge in [0, 0.05) is 38.9 Å². The number of fused-ring (bicyclic) bond motifs is 9. The van der Waals surface area contributed by atoms with E-state index in [0.717, 1.165) is 65.4 Å². The maximum Gasteiger partial charge on any atom is 0.238 e. The molecule has 214 valence electrons. The van der Waals surface area contributed by atoms with Gasteiger partial charge in [-0.3, -0.25) is 4.57 Å². The van der Waals surface area contributed by atoms with E-state index in [1.54, 1.807) is 0 Å². The van der Waals surface area contributed by atoms with Crippen molar-refractivity contribution in [2.45, 2.75) is 0 Å². The Balaban J connectivity index is 1.29. The van der Waals surface area contributed by atoms with Crippen molar-refractivity contribution in [2.75, 3.05) is 0 Å². The molecule has 0 unspecified atom stereocenters. The molecule has 46 heavy (non-hydrogen) atoms. The highest BCUT2D eigenvalue weighted by molar-refractivity contribution is 6.19. The van der Waals surface area contributed by atoms with E-state index in [2.05, 4.69) is 120 Å². The molecule has 0 fully saturated rings. The number of hydrogen-bond acceptors (Lipinski definition) is 5. The molecule has 0 saturated carbocycles. The Kier molecular flexibility index (Phi) is 5.19. The number of aromatic nitrogens is 5. The van der Waals surface area contributed by atoms with Gasteiger partial charge in [-0.2, -0.15) is 9.97 Å². The number of furan rings is 1. The highest BCUT2D eigenvalue weighted by Crippen LogP contribution is 2.38. The number of rotatable bonds is 3. The zero-order valence-corrected chi connectivity index (χ0v) is 24.4. The summed E-state index contributed by atoms with van der Waals surface area (Å²) in [6.07, 6.45) is 1.87. The van der Waals surface area contributed by atoms with Gasteiger partial charge in [0.05, 0.1) is 16.4 Å². The second-order valence-electron chi connectivity index (χ2n) is 11.5. The van der Waals surface area contributed by atoms with Crippen molar-refractivity contribution in [3.05, 3.63) is 140 Å². The van der Waals surface area contributed by atoms with Crippen molar-refractivity contribution < 1.29 is 4.42 Å². The molecule has 0 amide bonds. The van der Waals surface area contributed by atoms with Crippen molar-refractivity contribution >= 4 is 65.4 Å². The van der Waals surface area contributed by atoms with E-state index in [9.17, 15) is 0 Å². The number of nitrogens with zero attached hydrogens (tertiary/aromatic N) is 5. The van der Waals surface area contributed by atoms with Gasteiger partial charge < -0.3 is 4.42 Å². The maximum atomic E-state index is 6.11. The van der Waals surface area contributed by atoms with Crippen LogP contribution < -0.4 is 0 Å². The lowest BCUT2D eigenvalue weighted by Gasteiger charge is -2.12. The monoisotopic (exact) mass is 589 g/mol. The SMILES string of the molecule is c1ccc2cc(-c3nc(-c4cccc5c4cnc4oc6ccccc6c45)nc(-n4c5ccccc5c5ccccc54)n3)ccc2c1. The molecular weight excluding hydrogens is 566 g/mol. The van der Waals surface area contributed by atoms with Crippen LogP contribution in [0, 0.1) is 0 Å². The Bertz CT molecular complexity index is 2780. The Labute approximate surface area is 262 Å². The number of benzene rings is 6. The van der Waals surface area contributed by atoms with E-state index in [1.807, 2.05) is 24.4 Å². The summed E-state index contributed by atoms with van der Waals surface area (Å²) >= 11 is 0. The summed E-state index contributed by atoms with van der Waals surface area (Å²) in [7, 11) is 0. The molecule has 0 aliphatic rings. The van der Waals surface area contributed by atoms with Crippen molar-refractivity contribution in [1.82, 2.24) is 24.5 Å². The van der Waals surface area contributed by atoms with Gasteiger partial charge in [-0.25, -0.2) is 9.97 Å². The predicted molar refractivity (Wildman–Crippen MR) is 185 cm³/mol. The molecule has 0 N–H and O–H groups in total. The normalized spacial score (nSPS) is 11.9. The minimum atomic E-state index is 0.561. The highest BCUT2D eigenvalue weighted by Gasteiger charge is 2.20. The Hall–Kier alpha value is -6.40. The van der Waals surface area contributed by atoms with E-state index in [0.29, 0.717) is 23.3 Å². The first-order valence-electron chi connectivity index (χ1n) is 15.2. The van der Waals surface area contributed by atoms with Gasteiger partial charge >= 0.3 is 0 Å². The second kappa shape index (κ2) is 9.55. The summed E-state index contributed by atoms with van der Waals surface area (Å²) in [6, 6.07) is 45.8. The lowest BCUT2D eigenvalue weighted by molar-refractivity contribution is 0.654. The highest BCUT2D eigenvalue weighted by atomic mass is 16.3. The fourth-order valence-electron chi connectivity index (χ4n) is 6.80. The minimum absolute atomic E-state index is 0.561. The molecule has 10 rings (SSSR count). The molecule has 0 aliphatic heterocycles. The molecule has 0 bridgehead atoms. The van der Waals surface area contributed by atoms with Gasteiger partial charge in [-0.15, -0.1) is 0 Å². The molecule has 6 aromatic carbocycles. The van der Waals surface area contributed by atoms with Crippen molar-refractivity contribution in [3.63, 3.8) is 0 Å². The zero-order valence-electron chi connectivity index (χ0n) is 24.4. The van der Waals surface area contributed by atoms with Gasteiger partial charge in [0.15, 0.2) is 11.6 Å². The average molecular weight is 590 g/mol. The van der Waals surface area contributed by atoms with Crippen LogP contribution >= 0.6 is 0 Å². The summed E-state index contributed by atoms with van der Waals surface area (Å²) in [6.45, 7) is 0. The van der Waals surface area contributed by atoms with Crippen LogP contribution in [0.5, 0.6) is 0 Å². The molecule has 0 atom stereocenters. The molecule has 0 aliphatic carbocycles. The number of para-hydroxylation sites is 3. The summed E-state index contributed by atoms with van der Waals surface area (Å²) in [5, 5.41) is 8.60. The van der Waals surface area contributed by atoms with Crippen LogP contribution in [0.4, 0.5) is 0 Å². The molecule has 0 spiro atoms. The number of hydrogen-bond donors (Lipinski definition) is 0. The first-order valence-corrected chi connectivity index (χ1v) is 15.2. The van der Waals surface area contributed by atoms with E-state index in [1.165, 1.54) is 5.39 Å². The Morgan fingerprint density at radius 3 is 2.00 bits per heavy atom. The average Bonchev–Trinajstić information content (AvgIpc) is 3.67. The fourth-order valence-corrected chi connectivity index (χ4v) is 6.80. The van der Waals surface area contributed by atoms with Crippen LogP contribution in [-0.2, 0) is 0 Å². The van der Waals surface area contributed by atoms with E-state index >= 15 is 0 Å². The molecule has 6 nitrogen and oxygen atoms in total. The summed E-state index contributed by atoms with van der Waals surface area (Å²) in [4.78, 5) is 20.3. The van der Waals surface area contributed by atoms with Gasteiger partial charge in [-0.05, 0) is 40.4 Å². The number of pyridine rings is 1. The summed E-state index contributed by atoms with van der Waals surface area (Å²) in [5.41, 5.74) is 5.31. The van der Waals surface area contributed by atoms with E-state index in [4.69, 9.17) is 24.4 Å². The van der Waals surface area contributed by atoms with Crippen molar-refractivity contribution in [2.24, 2.45) is 0 Å². The lowest BCUT2D eigenvalue weighted by atomic mass is 10.0. The lowest BCUT2D eigenvalue weighted by Crippen LogP contribution is -2.06. The summed E-state index contributed by atoms with van der Waals surface area (Å²) < 4.78 is 8.26.